The van der Waals surface area contributed by atoms with Gasteiger partial charge in [0.05, 0.1) is 11.0 Å². The summed E-state index contributed by atoms with van der Waals surface area (Å²) in [5.41, 5.74) is 0.574. The van der Waals surface area contributed by atoms with Crippen molar-refractivity contribution in [3.63, 3.8) is 0 Å². The molecule has 0 aliphatic carbocycles. The number of rotatable bonds is 3. The summed E-state index contributed by atoms with van der Waals surface area (Å²) in [5.74, 6) is 0.0587. The summed E-state index contributed by atoms with van der Waals surface area (Å²) < 4.78 is 1.96. The highest BCUT2D eigenvalue weighted by Gasteiger charge is 2.25. The number of carbonyl (C=O) groups excluding carboxylic acids is 1. The van der Waals surface area contributed by atoms with Gasteiger partial charge in [0.2, 0.25) is 0 Å². The molecule has 2 aromatic heterocycles. The molecule has 128 valence electrons. The van der Waals surface area contributed by atoms with Gasteiger partial charge >= 0.3 is 0 Å². The fourth-order valence-corrected chi connectivity index (χ4v) is 4.24. The van der Waals surface area contributed by atoms with Crippen LogP contribution in [0.15, 0.2) is 29.8 Å². The number of amides is 1. The van der Waals surface area contributed by atoms with Gasteiger partial charge in [-0.15, -0.1) is 11.3 Å². The van der Waals surface area contributed by atoms with Crippen LogP contribution in [0.25, 0.3) is 0 Å². The topological polar surface area (TPSA) is 53.4 Å². The van der Waals surface area contributed by atoms with Gasteiger partial charge in [-0.2, -0.15) is 5.10 Å². The van der Waals surface area contributed by atoms with Gasteiger partial charge in [0.15, 0.2) is 0 Å². The normalized spacial score (nSPS) is 21.9. The van der Waals surface area contributed by atoms with Crippen molar-refractivity contribution in [1.29, 1.82) is 0 Å². The Morgan fingerprint density at radius 2 is 2.12 bits per heavy atom. The lowest BCUT2D eigenvalue weighted by atomic mass is 10.1. The molecule has 0 aromatic carbocycles. The third-order valence-corrected chi connectivity index (χ3v) is 5.79. The first-order valence-corrected chi connectivity index (χ1v) is 9.53. The lowest BCUT2D eigenvalue weighted by Crippen LogP contribution is -2.48. The average molecular weight is 345 g/mol. The van der Waals surface area contributed by atoms with Crippen LogP contribution in [0.1, 0.15) is 29.4 Å². The monoisotopic (exact) mass is 345 g/mol. The van der Waals surface area contributed by atoms with E-state index in [2.05, 4.69) is 32.8 Å². The smallest absolute Gasteiger partial charge is 0.274 e. The molecule has 1 atom stereocenters. The van der Waals surface area contributed by atoms with E-state index in [1.54, 1.807) is 11.3 Å². The van der Waals surface area contributed by atoms with Crippen LogP contribution in [0.2, 0.25) is 0 Å². The van der Waals surface area contributed by atoms with Gasteiger partial charge in [0, 0.05) is 38.9 Å². The van der Waals surface area contributed by atoms with Crippen LogP contribution in [-0.2, 0) is 0 Å². The number of nitrogens with zero attached hydrogens (tertiary/aromatic N) is 4. The molecule has 1 unspecified atom stereocenters. The van der Waals surface area contributed by atoms with Crippen molar-refractivity contribution in [1.82, 2.24) is 20.0 Å². The average Bonchev–Trinajstić information content (AvgIpc) is 3.34. The Kier molecular flexibility index (Phi) is 4.53. The Hall–Kier alpha value is -1.86. The molecule has 2 aliphatic rings. The number of anilines is 1. The molecular weight excluding hydrogens is 322 g/mol. The molecule has 0 spiro atoms. The molecule has 1 amide bonds. The van der Waals surface area contributed by atoms with Gasteiger partial charge in [0.25, 0.3) is 5.91 Å². The van der Waals surface area contributed by atoms with E-state index in [-0.39, 0.29) is 5.91 Å². The van der Waals surface area contributed by atoms with Crippen LogP contribution in [0, 0.1) is 0 Å². The Bertz CT molecular complexity index is 669. The number of piperidine rings is 1. The molecule has 0 bridgehead atoms. The highest BCUT2D eigenvalue weighted by molar-refractivity contribution is 7.14. The van der Waals surface area contributed by atoms with E-state index in [9.17, 15) is 4.79 Å². The molecule has 0 radical (unpaired) electrons. The molecule has 2 aromatic rings. The zero-order valence-electron chi connectivity index (χ0n) is 13.7. The fourth-order valence-electron chi connectivity index (χ4n) is 3.46. The number of aromatic nitrogens is 2. The lowest BCUT2D eigenvalue weighted by Gasteiger charge is -2.34. The quantitative estimate of drug-likeness (QED) is 0.922. The van der Waals surface area contributed by atoms with Crippen LogP contribution in [0.3, 0.4) is 0 Å². The molecular formula is C17H23N5OS. The van der Waals surface area contributed by atoms with Crippen LogP contribution in [0.5, 0.6) is 0 Å². The van der Waals surface area contributed by atoms with Crippen molar-refractivity contribution in [2.45, 2.75) is 18.9 Å². The maximum Gasteiger partial charge on any atom is 0.274 e. The second-order valence-electron chi connectivity index (χ2n) is 6.41. The third-order valence-electron chi connectivity index (χ3n) is 4.86. The largest absolute Gasteiger partial charge is 0.360 e. The maximum absolute atomic E-state index is 12.7. The number of hydrogen-bond donors (Lipinski definition) is 1. The highest BCUT2D eigenvalue weighted by atomic mass is 32.1. The first kappa shape index (κ1) is 15.7. The second kappa shape index (κ2) is 6.94. The summed E-state index contributed by atoms with van der Waals surface area (Å²) in [6.45, 7) is 5.31. The van der Waals surface area contributed by atoms with E-state index >= 15 is 0 Å². The third kappa shape index (κ3) is 3.18. The van der Waals surface area contributed by atoms with Crippen molar-refractivity contribution in [2.24, 2.45) is 0 Å². The Balaban J connectivity index is 1.37. The molecule has 2 aliphatic heterocycles. The van der Waals surface area contributed by atoms with Gasteiger partial charge in [-0.3, -0.25) is 9.48 Å². The molecule has 6 nitrogen and oxygen atoms in total. The minimum Gasteiger partial charge on any atom is -0.360 e. The Labute approximate surface area is 146 Å². The Morgan fingerprint density at radius 3 is 2.83 bits per heavy atom. The minimum atomic E-state index is 0.0587. The molecule has 7 heteroatoms. The van der Waals surface area contributed by atoms with Crippen LogP contribution >= 0.6 is 11.3 Å². The molecule has 2 saturated heterocycles. The van der Waals surface area contributed by atoms with Gasteiger partial charge in [-0.1, -0.05) is 0 Å². The van der Waals surface area contributed by atoms with Crippen LogP contribution in [-0.4, -0.2) is 59.9 Å². The molecule has 0 saturated carbocycles. The summed E-state index contributed by atoms with van der Waals surface area (Å²) in [5, 5.41) is 11.3. The molecule has 4 rings (SSSR count). The number of thiophene rings is 1. The summed E-state index contributed by atoms with van der Waals surface area (Å²) in [7, 11) is 0. The van der Waals surface area contributed by atoms with Crippen molar-refractivity contribution in [2.75, 3.05) is 44.2 Å². The first-order valence-electron chi connectivity index (χ1n) is 8.65. The zero-order chi connectivity index (χ0) is 16.4. The van der Waals surface area contributed by atoms with Crippen molar-refractivity contribution >= 4 is 22.2 Å². The second-order valence-corrected chi connectivity index (χ2v) is 7.34. The van der Waals surface area contributed by atoms with Crippen molar-refractivity contribution in [3.05, 3.63) is 35.5 Å². The molecule has 1 N–H and O–H groups in total. The zero-order valence-corrected chi connectivity index (χ0v) is 14.5. The lowest BCUT2D eigenvalue weighted by molar-refractivity contribution is 0.0739. The number of nitrogens with one attached hydrogen (secondary N) is 1. The van der Waals surface area contributed by atoms with Gasteiger partial charge < -0.3 is 15.1 Å². The van der Waals surface area contributed by atoms with Gasteiger partial charge in [-0.25, -0.2) is 0 Å². The maximum atomic E-state index is 12.7. The number of piperazine rings is 1. The van der Waals surface area contributed by atoms with Gasteiger partial charge in [0.1, 0.15) is 5.69 Å². The Morgan fingerprint density at radius 1 is 1.25 bits per heavy atom. The standard InChI is InChI=1S/C17H23N5OS/c23-17(15-5-7-22(19-15)14-3-1-6-18-13-14)21-10-8-20(9-11-21)16-4-2-12-24-16/h2,4-5,7,12,14,18H,1,3,6,8-11,13H2. The van der Waals surface area contributed by atoms with E-state index in [0.29, 0.717) is 11.7 Å². The van der Waals surface area contributed by atoms with E-state index in [4.69, 9.17) is 0 Å². The first-order chi connectivity index (χ1) is 11.8. The summed E-state index contributed by atoms with van der Waals surface area (Å²) >= 11 is 1.76. The SMILES string of the molecule is O=C(c1ccn(C2CCCNC2)n1)N1CCN(c2cccs2)CC1. The minimum absolute atomic E-state index is 0.0587. The van der Waals surface area contributed by atoms with Crippen molar-refractivity contribution < 1.29 is 4.79 Å². The summed E-state index contributed by atoms with van der Waals surface area (Å²) in [4.78, 5) is 17.0. The summed E-state index contributed by atoms with van der Waals surface area (Å²) in [6, 6.07) is 6.45. The van der Waals surface area contributed by atoms with Crippen molar-refractivity contribution in [3.8, 4) is 0 Å². The van der Waals surface area contributed by atoms with Crippen LogP contribution < -0.4 is 10.2 Å². The molecule has 2 fully saturated rings. The van der Waals surface area contributed by atoms with Gasteiger partial charge in [-0.05, 0) is 43.0 Å². The number of carbonyl (C=O) groups is 1. The van der Waals surface area contributed by atoms with E-state index in [1.165, 1.54) is 11.4 Å². The predicted molar refractivity (Wildman–Crippen MR) is 95.8 cm³/mol. The summed E-state index contributed by atoms with van der Waals surface area (Å²) in [6.07, 6.45) is 4.24. The van der Waals surface area contributed by atoms with E-state index < -0.39 is 0 Å². The van der Waals surface area contributed by atoms with Crippen LogP contribution in [0.4, 0.5) is 5.00 Å². The predicted octanol–water partition coefficient (Wildman–Crippen LogP) is 1.83. The molecule has 24 heavy (non-hydrogen) atoms. The fraction of sp³-hybridized carbons (Fsp3) is 0.529. The van der Waals surface area contributed by atoms with E-state index in [0.717, 1.165) is 45.7 Å². The molecule has 4 heterocycles. The van der Waals surface area contributed by atoms with E-state index in [1.807, 2.05) is 21.8 Å². The highest BCUT2D eigenvalue weighted by Crippen LogP contribution is 2.23. The number of hydrogen-bond acceptors (Lipinski definition) is 5.